The zero-order valence-electron chi connectivity index (χ0n) is 10.9. The highest BCUT2D eigenvalue weighted by Crippen LogP contribution is 2.36. The lowest BCUT2D eigenvalue weighted by atomic mass is 10.2. The van der Waals surface area contributed by atoms with Crippen molar-refractivity contribution in [2.24, 2.45) is 0 Å². The first-order chi connectivity index (χ1) is 6.74. The Morgan fingerprint density at radius 3 is 2.47 bits per heavy atom. The van der Waals surface area contributed by atoms with Gasteiger partial charge in [-0.25, -0.2) is 0 Å². The van der Waals surface area contributed by atoms with Crippen LogP contribution in [0.4, 0.5) is 0 Å². The van der Waals surface area contributed by atoms with Crippen LogP contribution in [0.25, 0.3) is 0 Å². The predicted octanol–water partition coefficient (Wildman–Crippen LogP) is 3.35. The Balaban J connectivity index is 2.46. The fourth-order valence-corrected chi connectivity index (χ4v) is 2.24. The third kappa shape index (κ3) is 3.16. The molecule has 0 fully saturated rings. The molecular weight excluding hydrogens is 204 g/mol. The molecule has 2 nitrogen and oxygen atoms in total. The van der Waals surface area contributed by atoms with Gasteiger partial charge in [0.05, 0.1) is 13.2 Å². The van der Waals surface area contributed by atoms with Gasteiger partial charge in [0.2, 0.25) is 0 Å². The highest BCUT2D eigenvalue weighted by Gasteiger charge is 2.37. The van der Waals surface area contributed by atoms with Crippen molar-refractivity contribution < 1.29 is 9.16 Å². The minimum Gasteiger partial charge on any atom is -0.414 e. The van der Waals surface area contributed by atoms with Gasteiger partial charge in [-0.15, -0.1) is 0 Å². The van der Waals surface area contributed by atoms with E-state index in [4.69, 9.17) is 9.16 Å². The Labute approximate surface area is 94.8 Å². The van der Waals surface area contributed by atoms with Gasteiger partial charge in [-0.1, -0.05) is 26.8 Å². The second-order valence-corrected chi connectivity index (χ2v) is 10.7. The van der Waals surface area contributed by atoms with E-state index in [-0.39, 0.29) is 11.1 Å². The summed E-state index contributed by atoms with van der Waals surface area (Å²) < 4.78 is 11.7. The van der Waals surface area contributed by atoms with Crippen LogP contribution < -0.4 is 0 Å². The fraction of sp³-hybridized carbons (Fsp3) is 0.833. The van der Waals surface area contributed by atoms with Gasteiger partial charge in [0.15, 0.2) is 8.32 Å². The molecule has 0 aromatic carbocycles. The monoisotopic (exact) mass is 228 g/mol. The summed E-state index contributed by atoms with van der Waals surface area (Å²) in [4.78, 5) is 0. The van der Waals surface area contributed by atoms with Crippen LogP contribution in [0, 0.1) is 0 Å². The molecule has 0 amide bonds. The first-order valence-electron chi connectivity index (χ1n) is 5.66. The lowest BCUT2D eigenvalue weighted by molar-refractivity contribution is 0.0730. The quantitative estimate of drug-likeness (QED) is 0.545. The van der Waals surface area contributed by atoms with Crippen molar-refractivity contribution in [1.82, 2.24) is 0 Å². The Kier molecular flexibility index (Phi) is 3.79. The van der Waals surface area contributed by atoms with Crippen molar-refractivity contribution in [2.75, 3.05) is 13.2 Å². The Morgan fingerprint density at radius 2 is 2.07 bits per heavy atom. The van der Waals surface area contributed by atoms with Gasteiger partial charge < -0.3 is 9.16 Å². The van der Waals surface area contributed by atoms with Gasteiger partial charge in [-0.3, -0.25) is 0 Å². The maximum Gasteiger partial charge on any atom is 0.192 e. The molecule has 1 heterocycles. The van der Waals surface area contributed by atoms with E-state index in [0.717, 1.165) is 13.2 Å². The smallest absolute Gasteiger partial charge is 0.192 e. The molecule has 1 aliphatic heterocycles. The highest BCUT2D eigenvalue weighted by molar-refractivity contribution is 6.74. The van der Waals surface area contributed by atoms with Crippen LogP contribution in [0.15, 0.2) is 11.6 Å². The summed E-state index contributed by atoms with van der Waals surface area (Å²) in [6, 6.07) is 0. The summed E-state index contributed by atoms with van der Waals surface area (Å²) >= 11 is 0. The molecule has 0 saturated heterocycles. The summed E-state index contributed by atoms with van der Waals surface area (Å²) in [7, 11) is -1.61. The average Bonchev–Trinajstić information content (AvgIpc) is 2.46. The number of hydrogen-bond acceptors (Lipinski definition) is 2. The van der Waals surface area contributed by atoms with Gasteiger partial charge in [-0.2, -0.15) is 0 Å². The molecule has 0 aromatic rings. The Hall–Kier alpha value is -0.123. The third-order valence-electron chi connectivity index (χ3n) is 3.61. The van der Waals surface area contributed by atoms with Crippen LogP contribution >= 0.6 is 0 Å². The molecule has 1 atom stereocenters. The molecule has 0 aliphatic carbocycles. The second-order valence-electron chi connectivity index (χ2n) is 5.84. The summed E-state index contributed by atoms with van der Waals surface area (Å²) in [6.07, 6.45) is 2.33. The number of rotatable bonds is 3. The van der Waals surface area contributed by atoms with Gasteiger partial charge in [0.25, 0.3) is 0 Å². The molecule has 1 rings (SSSR count). The lowest BCUT2D eigenvalue weighted by Crippen LogP contribution is -2.42. The third-order valence-corrected chi connectivity index (χ3v) is 8.11. The zero-order chi connectivity index (χ0) is 11.7. The summed E-state index contributed by atoms with van der Waals surface area (Å²) in [5.74, 6) is 0. The van der Waals surface area contributed by atoms with Crippen molar-refractivity contribution >= 4 is 8.32 Å². The van der Waals surface area contributed by atoms with Gasteiger partial charge in [0, 0.05) is 0 Å². The van der Waals surface area contributed by atoms with Crippen LogP contribution in [0.5, 0.6) is 0 Å². The minimum absolute atomic E-state index is 0.194. The second kappa shape index (κ2) is 4.40. The molecular formula is C12H24O2Si. The van der Waals surface area contributed by atoms with E-state index >= 15 is 0 Å². The maximum atomic E-state index is 6.12. The number of hydrogen-bond donors (Lipinski definition) is 0. The molecule has 15 heavy (non-hydrogen) atoms. The van der Waals surface area contributed by atoms with Crippen molar-refractivity contribution in [3.63, 3.8) is 0 Å². The molecule has 88 valence electrons. The molecule has 0 bridgehead atoms. The van der Waals surface area contributed by atoms with Crippen LogP contribution in [0.1, 0.15) is 27.7 Å². The molecule has 1 aliphatic rings. The molecule has 0 N–H and O–H groups in total. The average molecular weight is 228 g/mol. The normalized spacial score (nSPS) is 23.1. The van der Waals surface area contributed by atoms with E-state index in [2.05, 4.69) is 46.9 Å². The van der Waals surface area contributed by atoms with E-state index in [1.54, 1.807) is 0 Å². The van der Waals surface area contributed by atoms with Gasteiger partial charge >= 0.3 is 0 Å². The van der Waals surface area contributed by atoms with Crippen molar-refractivity contribution in [3.8, 4) is 0 Å². The first-order valence-corrected chi connectivity index (χ1v) is 8.57. The molecule has 0 radical (unpaired) electrons. The van der Waals surface area contributed by atoms with Crippen LogP contribution in [0.2, 0.25) is 18.1 Å². The highest BCUT2D eigenvalue weighted by atomic mass is 28.4. The van der Waals surface area contributed by atoms with Crippen LogP contribution in [0.3, 0.4) is 0 Å². The van der Waals surface area contributed by atoms with Gasteiger partial charge in [-0.05, 0) is 30.6 Å². The van der Waals surface area contributed by atoms with E-state index < -0.39 is 8.32 Å². The fourth-order valence-electron chi connectivity index (χ4n) is 1.24. The van der Waals surface area contributed by atoms with Gasteiger partial charge in [0.1, 0.15) is 6.10 Å². The zero-order valence-corrected chi connectivity index (χ0v) is 11.9. The van der Waals surface area contributed by atoms with Crippen molar-refractivity contribution in [1.29, 1.82) is 0 Å². The summed E-state index contributed by atoms with van der Waals surface area (Å²) in [6.45, 7) is 14.9. The lowest BCUT2D eigenvalue weighted by Gasteiger charge is -2.37. The molecule has 0 spiro atoms. The minimum atomic E-state index is -1.61. The standard InChI is InChI=1S/C12H24O2Si/c1-10-7-8-13-11(10)9-14-15(5,6)12(2,3)4/h7,11H,8-9H2,1-6H3/t11-/m1/s1. The molecule has 3 heteroatoms. The SMILES string of the molecule is CC1=CCO[C@@H]1CO[Si](C)(C)C(C)(C)C. The largest absolute Gasteiger partial charge is 0.414 e. The topological polar surface area (TPSA) is 18.5 Å². The van der Waals surface area contributed by atoms with E-state index in [0.29, 0.717) is 0 Å². The molecule has 0 unspecified atom stereocenters. The summed E-state index contributed by atoms with van der Waals surface area (Å²) in [5.41, 5.74) is 1.31. The summed E-state index contributed by atoms with van der Waals surface area (Å²) in [5, 5.41) is 0.281. The number of ether oxygens (including phenoxy) is 1. The molecule has 0 aromatic heterocycles. The Bertz CT molecular complexity index is 251. The van der Waals surface area contributed by atoms with Crippen LogP contribution in [-0.2, 0) is 9.16 Å². The van der Waals surface area contributed by atoms with Crippen LogP contribution in [-0.4, -0.2) is 27.6 Å². The maximum absolute atomic E-state index is 6.12. The van der Waals surface area contributed by atoms with Crippen molar-refractivity contribution in [2.45, 2.75) is 51.9 Å². The van der Waals surface area contributed by atoms with E-state index in [1.807, 2.05) is 0 Å². The molecule has 0 saturated carbocycles. The Morgan fingerprint density at radius 1 is 1.47 bits per heavy atom. The van der Waals surface area contributed by atoms with E-state index in [9.17, 15) is 0 Å². The van der Waals surface area contributed by atoms with E-state index in [1.165, 1.54) is 5.57 Å². The first kappa shape index (κ1) is 12.9. The van der Waals surface area contributed by atoms with Crippen molar-refractivity contribution in [3.05, 3.63) is 11.6 Å². The predicted molar refractivity (Wildman–Crippen MR) is 66.6 cm³/mol.